The smallest absolute Gasteiger partial charge is 0.251 e. The Hall–Kier alpha value is -1.81. The van der Waals surface area contributed by atoms with Crippen molar-refractivity contribution in [2.24, 2.45) is 0 Å². The third-order valence-corrected chi connectivity index (χ3v) is 2.50. The molecule has 0 aliphatic carbocycles. The zero-order valence-electron chi connectivity index (χ0n) is 9.95. The molecule has 1 amide bonds. The average molecular weight is 232 g/mol. The Bertz CT molecular complexity index is 538. The van der Waals surface area contributed by atoms with E-state index in [0.717, 1.165) is 10.9 Å². The first-order valence-electron chi connectivity index (χ1n) is 5.53. The van der Waals surface area contributed by atoms with Gasteiger partial charge in [-0.25, -0.2) is 0 Å². The molecule has 0 saturated carbocycles. The molecular formula is C13H16N2O2. The molecule has 0 spiro atoms. The molecule has 0 unspecified atom stereocenters. The van der Waals surface area contributed by atoms with E-state index in [1.165, 1.54) is 0 Å². The van der Waals surface area contributed by atoms with Crippen molar-refractivity contribution in [1.29, 1.82) is 0 Å². The zero-order valence-corrected chi connectivity index (χ0v) is 9.95. The van der Waals surface area contributed by atoms with Gasteiger partial charge in [0.05, 0.1) is 5.60 Å². The molecule has 1 heterocycles. The lowest BCUT2D eigenvalue weighted by Gasteiger charge is -2.17. The minimum Gasteiger partial charge on any atom is -0.389 e. The minimum atomic E-state index is -0.895. The molecule has 0 saturated heterocycles. The van der Waals surface area contributed by atoms with Crippen LogP contribution in [0, 0.1) is 0 Å². The number of amides is 1. The van der Waals surface area contributed by atoms with Crippen LogP contribution in [0.25, 0.3) is 10.9 Å². The largest absolute Gasteiger partial charge is 0.389 e. The van der Waals surface area contributed by atoms with Gasteiger partial charge in [-0.15, -0.1) is 0 Å². The van der Waals surface area contributed by atoms with E-state index in [1.54, 1.807) is 19.9 Å². The summed E-state index contributed by atoms with van der Waals surface area (Å²) in [7, 11) is 0. The number of carbonyl (C=O) groups is 1. The molecule has 0 aliphatic heterocycles. The highest BCUT2D eigenvalue weighted by molar-refractivity contribution is 5.98. The van der Waals surface area contributed by atoms with Crippen molar-refractivity contribution in [2.75, 3.05) is 6.54 Å². The van der Waals surface area contributed by atoms with E-state index in [2.05, 4.69) is 10.3 Å². The van der Waals surface area contributed by atoms with Gasteiger partial charge < -0.3 is 15.4 Å². The number of carbonyl (C=O) groups excluding carboxylic acids is 1. The molecule has 2 aromatic rings. The number of H-pyrrole nitrogens is 1. The summed E-state index contributed by atoms with van der Waals surface area (Å²) in [4.78, 5) is 14.9. The van der Waals surface area contributed by atoms with Crippen LogP contribution in [-0.4, -0.2) is 28.1 Å². The molecule has 3 N–H and O–H groups in total. The first-order valence-corrected chi connectivity index (χ1v) is 5.53. The fourth-order valence-electron chi connectivity index (χ4n) is 1.59. The number of aromatic amines is 1. The topological polar surface area (TPSA) is 65.1 Å². The van der Waals surface area contributed by atoms with Crippen LogP contribution in [0.3, 0.4) is 0 Å². The molecule has 90 valence electrons. The third-order valence-electron chi connectivity index (χ3n) is 2.50. The molecule has 0 radical (unpaired) electrons. The molecule has 4 nitrogen and oxygen atoms in total. The summed E-state index contributed by atoms with van der Waals surface area (Å²) in [6.07, 6.45) is 1.84. The maximum atomic E-state index is 11.8. The van der Waals surface area contributed by atoms with Crippen LogP contribution in [-0.2, 0) is 0 Å². The van der Waals surface area contributed by atoms with Crippen LogP contribution in [0.5, 0.6) is 0 Å². The Morgan fingerprint density at radius 3 is 2.88 bits per heavy atom. The highest BCUT2D eigenvalue weighted by Crippen LogP contribution is 2.14. The molecule has 0 fully saturated rings. The fourth-order valence-corrected chi connectivity index (χ4v) is 1.59. The van der Waals surface area contributed by atoms with Gasteiger partial charge >= 0.3 is 0 Å². The van der Waals surface area contributed by atoms with E-state index in [0.29, 0.717) is 5.56 Å². The van der Waals surface area contributed by atoms with Crippen molar-refractivity contribution in [1.82, 2.24) is 10.3 Å². The number of hydrogen-bond donors (Lipinski definition) is 3. The number of fused-ring (bicyclic) bond motifs is 1. The summed E-state index contributed by atoms with van der Waals surface area (Å²) in [6.45, 7) is 3.54. The molecular weight excluding hydrogens is 216 g/mol. The van der Waals surface area contributed by atoms with Crippen molar-refractivity contribution >= 4 is 16.8 Å². The quantitative estimate of drug-likeness (QED) is 0.753. The third kappa shape index (κ3) is 2.85. The molecule has 4 heteroatoms. The Balaban J connectivity index is 2.13. The number of rotatable bonds is 3. The number of hydrogen-bond acceptors (Lipinski definition) is 2. The zero-order chi connectivity index (χ0) is 12.5. The number of aliphatic hydroxyl groups is 1. The van der Waals surface area contributed by atoms with Gasteiger partial charge in [0.2, 0.25) is 0 Å². The van der Waals surface area contributed by atoms with E-state index in [1.807, 2.05) is 24.4 Å². The normalized spacial score (nSPS) is 11.7. The van der Waals surface area contributed by atoms with Gasteiger partial charge in [0.15, 0.2) is 0 Å². The van der Waals surface area contributed by atoms with E-state index in [4.69, 9.17) is 0 Å². The summed E-state index contributed by atoms with van der Waals surface area (Å²) in [6, 6.07) is 7.38. The van der Waals surface area contributed by atoms with Gasteiger partial charge in [0.25, 0.3) is 5.91 Å². The van der Waals surface area contributed by atoms with E-state index < -0.39 is 5.60 Å². The van der Waals surface area contributed by atoms with Crippen LogP contribution >= 0.6 is 0 Å². The van der Waals surface area contributed by atoms with Crippen molar-refractivity contribution in [3.8, 4) is 0 Å². The van der Waals surface area contributed by atoms with Crippen molar-refractivity contribution in [2.45, 2.75) is 19.4 Å². The Labute approximate surface area is 99.7 Å². The van der Waals surface area contributed by atoms with Gasteiger partial charge in [0, 0.05) is 29.2 Å². The second-order valence-corrected chi connectivity index (χ2v) is 4.77. The van der Waals surface area contributed by atoms with Crippen molar-refractivity contribution < 1.29 is 9.90 Å². The first kappa shape index (κ1) is 11.7. The second-order valence-electron chi connectivity index (χ2n) is 4.77. The molecule has 0 bridgehead atoms. The van der Waals surface area contributed by atoms with Crippen molar-refractivity contribution in [3.05, 3.63) is 36.0 Å². The van der Waals surface area contributed by atoms with Gasteiger partial charge in [-0.3, -0.25) is 4.79 Å². The lowest BCUT2D eigenvalue weighted by molar-refractivity contribution is 0.0694. The predicted octanol–water partition coefficient (Wildman–Crippen LogP) is 1.67. The maximum absolute atomic E-state index is 11.8. The standard InChI is InChI=1S/C13H16N2O2/c1-13(2,17)8-15-12(16)10-3-4-11-9(7-10)5-6-14-11/h3-7,14,17H,8H2,1-2H3,(H,15,16). The molecule has 0 atom stereocenters. The maximum Gasteiger partial charge on any atom is 0.251 e. The van der Waals surface area contributed by atoms with Gasteiger partial charge in [-0.05, 0) is 38.1 Å². The Morgan fingerprint density at radius 1 is 1.41 bits per heavy atom. The van der Waals surface area contributed by atoms with E-state index >= 15 is 0 Å². The highest BCUT2D eigenvalue weighted by Gasteiger charge is 2.14. The summed E-state index contributed by atoms with van der Waals surface area (Å²) in [5.41, 5.74) is 0.707. The number of benzene rings is 1. The lowest BCUT2D eigenvalue weighted by atomic mass is 10.1. The van der Waals surface area contributed by atoms with Crippen LogP contribution in [0.1, 0.15) is 24.2 Å². The molecule has 0 aliphatic rings. The van der Waals surface area contributed by atoms with Crippen molar-refractivity contribution in [3.63, 3.8) is 0 Å². The molecule has 17 heavy (non-hydrogen) atoms. The summed E-state index contributed by atoms with van der Waals surface area (Å²) >= 11 is 0. The average Bonchev–Trinajstić information content (AvgIpc) is 2.71. The molecule has 1 aromatic heterocycles. The van der Waals surface area contributed by atoms with Gasteiger partial charge in [0.1, 0.15) is 0 Å². The van der Waals surface area contributed by atoms with Gasteiger partial charge in [-0.1, -0.05) is 0 Å². The predicted molar refractivity (Wildman–Crippen MR) is 66.9 cm³/mol. The number of aromatic nitrogens is 1. The Morgan fingerprint density at radius 2 is 2.18 bits per heavy atom. The second kappa shape index (κ2) is 4.22. The molecule has 1 aromatic carbocycles. The minimum absolute atomic E-state index is 0.171. The highest BCUT2D eigenvalue weighted by atomic mass is 16.3. The Kier molecular flexibility index (Phi) is 2.90. The fraction of sp³-hybridized carbons (Fsp3) is 0.308. The summed E-state index contributed by atoms with van der Waals surface area (Å²) < 4.78 is 0. The van der Waals surface area contributed by atoms with Crippen LogP contribution < -0.4 is 5.32 Å². The van der Waals surface area contributed by atoms with Crippen LogP contribution in [0.2, 0.25) is 0 Å². The lowest BCUT2D eigenvalue weighted by Crippen LogP contribution is -2.38. The molecule has 2 rings (SSSR count). The first-order chi connectivity index (χ1) is 7.96. The SMILES string of the molecule is CC(C)(O)CNC(=O)c1ccc2[nH]ccc2c1. The monoisotopic (exact) mass is 232 g/mol. The van der Waals surface area contributed by atoms with Crippen LogP contribution in [0.4, 0.5) is 0 Å². The van der Waals surface area contributed by atoms with Crippen LogP contribution in [0.15, 0.2) is 30.5 Å². The van der Waals surface area contributed by atoms with Gasteiger partial charge in [-0.2, -0.15) is 0 Å². The summed E-state index contributed by atoms with van der Waals surface area (Å²) in [5.74, 6) is -0.171. The van der Waals surface area contributed by atoms with E-state index in [-0.39, 0.29) is 12.5 Å². The number of nitrogens with one attached hydrogen (secondary N) is 2. The van der Waals surface area contributed by atoms with E-state index in [9.17, 15) is 9.90 Å². The summed E-state index contributed by atoms with van der Waals surface area (Å²) in [5, 5.41) is 13.2.